The summed E-state index contributed by atoms with van der Waals surface area (Å²) < 4.78 is 5.10. The van der Waals surface area contributed by atoms with Gasteiger partial charge in [-0.15, -0.1) is 0 Å². The Morgan fingerprint density at radius 3 is 2.84 bits per heavy atom. The molecule has 0 spiro atoms. The van der Waals surface area contributed by atoms with Crippen LogP contribution in [0.4, 0.5) is 5.69 Å². The van der Waals surface area contributed by atoms with Crippen LogP contribution in [0.5, 0.6) is 0 Å². The highest BCUT2D eigenvalue weighted by atomic mass is 32.2. The summed E-state index contributed by atoms with van der Waals surface area (Å²) in [5.41, 5.74) is -0.450. The smallest absolute Gasteiger partial charge is 0.354 e. The predicted octanol–water partition coefficient (Wildman–Crippen LogP) is 2.57. The number of thioether (sulfide) groups is 1. The first kappa shape index (κ1) is 13.1. The molecule has 0 amide bonds. The second-order valence-corrected chi connectivity index (χ2v) is 4.42. The average molecular weight is 280 g/mol. The Morgan fingerprint density at radius 1 is 1.47 bits per heavy atom. The van der Waals surface area contributed by atoms with Crippen molar-refractivity contribution >= 4 is 23.4 Å². The minimum absolute atomic E-state index is 0.0568. The standard InChI is InChI=1S/C11H8N2O5S/c14-11(15)8-3-4-9(13(16)17)10(12-8)19-6-7-2-1-5-18-7/h1-5H,6H2,(H,14,15). The van der Waals surface area contributed by atoms with Gasteiger partial charge in [0.2, 0.25) is 0 Å². The van der Waals surface area contributed by atoms with Crippen LogP contribution in [0, 0.1) is 10.1 Å². The fourth-order valence-electron chi connectivity index (χ4n) is 1.33. The molecule has 0 fully saturated rings. The highest BCUT2D eigenvalue weighted by Gasteiger charge is 2.19. The fraction of sp³-hybridized carbons (Fsp3) is 0.0909. The lowest BCUT2D eigenvalue weighted by Crippen LogP contribution is -2.03. The summed E-state index contributed by atoms with van der Waals surface area (Å²) in [7, 11) is 0. The molecule has 0 atom stereocenters. The van der Waals surface area contributed by atoms with Gasteiger partial charge < -0.3 is 9.52 Å². The van der Waals surface area contributed by atoms with Gasteiger partial charge in [-0.1, -0.05) is 11.8 Å². The molecular formula is C11H8N2O5S. The number of carboxylic acids is 1. The number of nitrogens with zero attached hydrogens (tertiary/aromatic N) is 2. The Labute approximate surface area is 111 Å². The van der Waals surface area contributed by atoms with Gasteiger partial charge in [-0.05, 0) is 18.2 Å². The van der Waals surface area contributed by atoms with Crippen LogP contribution in [-0.4, -0.2) is 21.0 Å². The van der Waals surface area contributed by atoms with E-state index in [-0.39, 0.29) is 16.4 Å². The summed E-state index contributed by atoms with van der Waals surface area (Å²) in [5.74, 6) is -0.263. The number of rotatable bonds is 5. The second-order valence-electron chi connectivity index (χ2n) is 3.45. The molecule has 2 rings (SSSR count). The van der Waals surface area contributed by atoms with Crippen molar-refractivity contribution < 1.29 is 19.2 Å². The molecule has 0 aliphatic rings. The predicted molar refractivity (Wildman–Crippen MR) is 66.1 cm³/mol. The molecular weight excluding hydrogens is 272 g/mol. The van der Waals surface area contributed by atoms with Crippen molar-refractivity contribution in [2.45, 2.75) is 10.8 Å². The molecule has 2 aromatic heterocycles. The van der Waals surface area contributed by atoms with E-state index in [0.717, 1.165) is 23.9 Å². The SMILES string of the molecule is O=C(O)c1ccc([N+](=O)[O-])c(SCc2ccco2)n1. The minimum atomic E-state index is -1.23. The highest BCUT2D eigenvalue weighted by molar-refractivity contribution is 7.98. The van der Waals surface area contributed by atoms with E-state index in [0.29, 0.717) is 11.5 Å². The number of pyridine rings is 1. The molecule has 1 N–H and O–H groups in total. The topological polar surface area (TPSA) is 106 Å². The highest BCUT2D eigenvalue weighted by Crippen LogP contribution is 2.30. The first-order valence-corrected chi connectivity index (χ1v) is 6.10. The molecule has 0 saturated carbocycles. The van der Waals surface area contributed by atoms with Gasteiger partial charge in [0.15, 0.2) is 5.03 Å². The van der Waals surface area contributed by atoms with Crippen molar-refractivity contribution in [3.8, 4) is 0 Å². The zero-order valence-corrected chi connectivity index (χ0v) is 10.3. The van der Waals surface area contributed by atoms with Crippen molar-refractivity contribution in [2.75, 3.05) is 0 Å². The van der Waals surface area contributed by atoms with E-state index in [4.69, 9.17) is 9.52 Å². The van der Waals surface area contributed by atoms with Crippen molar-refractivity contribution in [1.82, 2.24) is 4.98 Å². The molecule has 0 unspecified atom stereocenters. The van der Waals surface area contributed by atoms with Crippen LogP contribution < -0.4 is 0 Å². The third-order valence-corrected chi connectivity index (χ3v) is 3.19. The van der Waals surface area contributed by atoms with Gasteiger partial charge in [-0.2, -0.15) is 0 Å². The summed E-state index contributed by atoms with van der Waals surface area (Å²) in [6, 6.07) is 5.67. The lowest BCUT2D eigenvalue weighted by atomic mass is 10.3. The Morgan fingerprint density at radius 2 is 2.26 bits per heavy atom. The van der Waals surface area contributed by atoms with E-state index in [9.17, 15) is 14.9 Å². The van der Waals surface area contributed by atoms with Crippen LogP contribution in [0.25, 0.3) is 0 Å². The van der Waals surface area contributed by atoms with E-state index >= 15 is 0 Å². The van der Waals surface area contributed by atoms with Crippen LogP contribution >= 0.6 is 11.8 Å². The molecule has 0 aliphatic carbocycles. The Bertz CT molecular complexity index is 612. The first-order chi connectivity index (χ1) is 9.08. The summed E-state index contributed by atoms with van der Waals surface area (Å²) in [6.07, 6.45) is 1.49. The summed E-state index contributed by atoms with van der Waals surface area (Å²) in [4.78, 5) is 24.8. The van der Waals surface area contributed by atoms with E-state index in [2.05, 4.69) is 4.98 Å². The van der Waals surface area contributed by atoms with Gasteiger partial charge in [0.25, 0.3) is 0 Å². The molecule has 8 heteroatoms. The first-order valence-electron chi connectivity index (χ1n) is 5.12. The summed E-state index contributed by atoms with van der Waals surface area (Å²) >= 11 is 1.05. The summed E-state index contributed by atoms with van der Waals surface area (Å²) in [6.45, 7) is 0. The monoisotopic (exact) mass is 280 g/mol. The second kappa shape index (κ2) is 5.53. The third-order valence-electron chi connectivity index (χ3n) is 2.19. The molecule has 98 valence electrons. The Hall–Kier alpha value is -2.35. The van der Waals surface area contributed by atoms with E-state index in [1.165, 1.54) is 6.26 Å². The molecule has 0 saturated heterocycles. The van der Waals surface area contributed by atoms with Crippen molar-refractivity contribution in [3.63, 3.8) is 0 Å². The number of furan rings is 1. The molecule has 0 radical (unpaired) electrons. The summed E-state index contributed by atoms with van der Waals surface area (Å²) in [5, 5.41) is 19.7. The molecule has 19 heavy (non-hydrogen) atoms. The minimum Gasteiger partial charge on any atom is -0.477 e. The van der Waals surface area contributed by atoms with Gasteiger partial charge in [-0.3, -0.25) is 10.1 Å². The molecule has 2 aromatic rings. The van der Waals surface area contributed by atoms with Crippen LogP contribution in [0.15, 0.2) is 40.0 Å². The zero-order valence-electron chi connectivity index (χ0n) is 9.48. The number of aromatic carboxylic acids is 1. The maximum absolute atomic E-state index is 10.8. The number of hydrogen-bond acceptors (Lipinski definition) is 6. The number of carbonyl (C=O) groups is 1. The van der Waals surface area contributed by atoms with Gasteiger partial charge in [0, 0.05) is 6.07 Å². The quantitative estimate of drug-likeness (QED) is 0.509. The largest absolute Gasteiger partial charge is 0.477 e. The lowest BCUT2D eigenvalue weighted by Gasteiger charge is -2.02. The van der Waals surface area contributed by atoms with Crippen molar-refractivity contribution in [1.29, 1.82) is 0 Å². The van der Waals surface area contributed by atoms with E-state index in [1.807, 2.05) is 0 Å². The van der Waals surface area contributed by atoms with E-state index in [1.54, 1.807) is 12.1 Å². The van der Waals surface area contributed by atoms with Gasteiger partial charge >= 0.3 is 11.7 Å². The van der Waals surface area contributed by atoms with Gasteiger partial charge in [-0.25, -0.2) is 9.78 Å². The van der Waals surface area contributed by atoms with Crippen molar-refractivity contribution in [3.05, 3.63) is 52.1 Å². The zero-order chi connectivity index (χ0) is 13.8. The molecule has 0 aliphatic heterocycles. The fourth-order valence-corrected chi connectivity index (χ4v) is 2.23. The maximum atomic E-state index is 10.8. The number of aromatic nitrogens is 1. The third kappa shape index (κ3) is 3.10. The Kier molecular flexibility index (Phi) is 3.81. The maximum Gasteiger partial charge on any atom is 0.354 e. The molecule has 0 aromatic carbocycles. The van der Waals surface area contributed by atoms with E-state index < -0.39 is 10.9 Å². The number of hydrogen-bond donors (Lipinski definition) is 1. The van der Waals surface area contributed by atoms with Crippen LogP contribution in [0.2, 0.25) is 0 Å². The number of nitro groups is 1. The average Bonchev–Trinajstić information content (AvgIpc) is 2.88. The van der Waals surface area contributed by atoms with Crippen LogP contribution in [0.3, 0.4) is 0 Å². The van der Waals surface area contributed by atoms with Crippen LogP contribution in [-0.2, 0) is 5.75 Å². The van der Waals surface area contributed by atoms with Gasteiger partial charge in [0.1, 0.15) is 11.5 Å². The number of carboxylic acid groups (broad SMARTS) is 1. The van der Waals surface area contributed by atoms with Gasteiger partial charge in [0.05, 0.1) is 16.9 Å². The lowest BCUT2D eigenvalue weighted by molar-refractivity contribution is -0.388. The molecule has 2 heterocycles. The van der Waals surface area contributed by atoms with Crippen molar-refractivity contribution in [2.24, 2.45) is 0 Å². The Balaban J connectivity index is 2.27. The normalized spacial score (nSPS) is 10.3. The molecule has 0 bridgehead atoms. The molecule has 7 nitrogen and oxygen atoms in total. The van der Waals surface area contributed by atoms with Crippen LogP contribution in [0.1, 0.15) is 16.2 Å².